The number of ether oxygens (including phenoxy) is 1. The van der Waals surface area contributed by atoms with Crippen molar-refractivity contribution in [2.75, 3.05) is 31.7 Å². The van der Waals surface area contributed by atoms with Gasteiger partial charge in [-0.15, -0.1) is 0 Å². The van der Waals surface area contributed by atoms with Crippen LogP contribution in [-0.2, 0) is 4.74 Å². The van der Waals surface area contributed by atoms with Gasteiger partial charge in [-0.2, -0.15) is 5.26 Å². The molecule has 0 aromatic heterocycles. The topological polar surface area (TPSA) is 36.3 Å². The van der Waals surface area contributed by atoms with Crippen LogP contribution in [0.4, 0.5) is 5.69 Å². The standard InChI is InChI=1S/C14H15BrN2O/c1-18-10-11-4-6-17(7-5-11)14-8-13(15)3-2-12(14)9-16/h2-4,8H,5-7,10H2,1H3. The van der Waals surface area contributed by atoms with E-state index in [-0.39, 0.29) is 0 Å². The van der Waals surface area contributed by atoms with E-state index in [0.29, 0.717) is 6.61 Å². The van der Waals surface area contributed by atoms with Crippen molar-refractivity contribution < 1.29 is 4.74 Å². The molecule has 0 bridgehead atoms. The Morgan fingerprint density at radius 3 is 2.94 bits per heavy atom. The molecule has 0 radical (unpaired) electrons. The molecule has 0 saturated heterocycles. The first kappa shape index (κ1) is 13.1. The van der Waals surface area contributed by atoms with Crippen LogP contribution in [0.15, 0.2) is 34.3 Å². The van der Waals surface area contributed by atoms with E-state index in [0.717, 1.165) is 35.2 Å². The smallest absolute Gasteiger partial charge is 0.101 e. The minimum Gasteiger partial charge on any atom is -0.380 e. The first-order valence-corrected chi connectivity index (χ1v) is 6.65. The summed E-state index contributed by atoms with van der Waals surface area (Å²) < 4.78 is 6.14. The van der Waals surface area contributed by atoms with Crippen LogP contribution in [0.5, 0.6) is 0 Å². The molecule has 1 aliphatic rings. The Morgan fingerprint density at radius 2 is 2.33 bits per heavy atom. The Morgan fingerprint density at radius 1 is 1.50 bits per heavy atom. The van der Waals surface area contributed by atoms with Crippen LogP contribution in [0, 0.1) is 11.3 Å². The van der Waals surface area contributed by atoms with Crippen molar-refractivity contribution in [3.05, 3.63) is 39.9 Å². The summed E-state index contributed by atoms with van der Waals surface area (Å²) in [6, 6.07) is 8.01. The van der Waals surface area contributed by atoms with E-state index in [1.165, 1.54) is 5.57 Å². The van der Waals surface area contributed by atoms with Crippen LogP contribution in [0.25, 0.3) is 0 Å². The predicted octanol–water partition coefficient (Wildman–Crippen LogP) is 3.10. The number of methoxy groups -OCH3 is 1. The number of anilines is 1. The largest absolute Gasteiger partial charge is 0.380 e. The zero-order valence-corrected chi connectivity index (χ0v) is 11.9. The Labute approximate surface area is 116 Å². The normalized spacial score (nSPS) is 15.2. The molecule has 1 aromatic carbocycles. The van der Waals surface area contributed by atoms with Crippen molar-refractivity contribution in [3.8, 4) is 6.07 Å². The Balaban J connectivity index is 2.19. The number of nitrogens with zero attached hydrogens (tertiary/aromatic N) is 2. The molecule has 94 valence electrons. The van der Waals surface area contributed by atoms with Gasteiger partial charge in [0.2, 0.25) is 0 Å². The third-order valence-electron chi connectivity index (χ3n) is 3.05. The summed E-state index contributed by atoms with van der Waals surface area (Å²) in [4.78, 5) is 2.22. The van der Waals surface area contributed by atoms with E-state index in [1.807, 2.05) is 18.2 Å². The quantitative estimate of drug-likeness (QED) is 0.805. The zero-order chi connectivity index (χ0) is 13.0. The summed E-state index contributed by atoms with van der Waals surface area (Å²) in [5.74, 6) is 0. The molecule has 0 amide bonds. The predicted molar refractivity (Wildman–Crippen MR) is 75.6 cm³/mol. The van der Waals surface area contributed by atoms with Crippen molar-refractivity contribution in [3.63, 3.8) is 0 Å². The van der Waals surface area contributed by atoms with E-state index >= 15 is 0 Å². The molecular weight excluding hydrogens is 292 g/mol. The van der Waals surface area contributed by atoms with Gasteiger partial charge < -0.3 is 9.64 Å². The van der Waals surface area contributed by atoms with Gasteiger partial charge in [0.15, 0.2) is 0 Å². The van der Waals surface area contributed by atoms with Crippen LogP contribution in [0.1, 0.15) is 12.0 Å². The molecule has 0 unspecified atom stereocenters. The molecule has 2 rings (SSSR count). The summed E-state index contributed by atoms with van der Waals surface area (Å²) in [7, 11) is 1.72. The fourth-order valence-electron chi connectivity index (χ4n) is 2.11. The van der Waals surface area contributed by atoms with Crippen LogP contribution in [0.2, 0.25) is 0 Å². The van der Waals surface area contributed by atoms with Crippen molar-refractivity contribution in [1.29, 1.82) is 5.26 Å². The highest BCUT2D eigenvalue weighted by molar-refractivity contribution is 9.10. The maximum Gasteiger partial charge on any atom is 0.101 e. The second-order valence-electron chi connectivity index (χ2n) is 4.26. The minimum atomic E-state index is 0.706. The first-order valence-electron chi connectivity index (χ1n) is 5.86. The van der Waals surface area contributed by atoms with Crippen LogP contribution in [-0.4, -0.2) is 26.8 Å². The molecule has 0 fully saturated rings. The van der Waals surface area contributed by atoms with Crippen LogP contribution in [0.3, 0.4) is 0 Å². The minimum absolute atomic E-state index is 0.706. The van der Waals surface area contributed by atoms with Gasteiger partial charge in [0.05, 0.1) is 17.9 Å². The maximum atomic E-state index is 9.15. The summed E-state index contributed by atoms with van der Waals surface area (Å²) in [6.45, 7) is 2.47. The second-order valence-corrected chi connectivity index (χ2v) is 5.18. The summed E-state index contributed by atoms with van der Waals surface area (Å²) in [6.07, 6.45) is 3.18. The number of hydrogen-bond acceptors (Lipinski definition) is 3. The lowest BCUT2D eigenvalue weighted by Gasteiger charge is -2.29. The molecule has 0 atom stereocenters. The van der Waals surface area contributed by atoms with Crippen molar-refractivity contribution >= 4 is 21.6 Å². The molecule has 3 nitrogen and oxygen atoms in total. The summed E-state index contributed by atoms with van der Waals surface area (Å²) in [5.41, 5.74) is 3.06. The molecule has 18 heavy (non-hydrogen) atoms. The fourth-order valence-corrected chi connectivity index (χ4v) is 2.46. The molecule has 0 saturated carbocycles. The molecule has 0 aliphatic carbocycles. The van der Waals surface area contributed by atoms with E-state index in [4.69, 9.17) is 10.00 Å². The van der Waals surface area contributed by atoms with Crippen LogP contribution < -0.4 is 4.90 Å². The highest BCUT2D eigenvalue weighted by Gasteiger charge is 2.15. The third kappa shape index (κ3) is 2.92. The van der Waals surface area contributed by atoms with Gasteiger partial charge >= 0.3 is 0 Å². The molecule has 1 aliphatic heterocycles. The van der Waals surface area contributed by atoms with Crippen molar-refractivity contribution in [1.82, 2.24) is 0 Å². The summed E-state index contributed by atoms with van der Waals surface area (Å²) >= 11 is 3.46. The SMILES string of the molecule is COCC1=CCN(c2cc(Br)ccc2C#N)CC1. The van der Waals surface area contributed by atoms with E-state index in [2.05, 4.69) is 33.0 Å². The van der Waals surface area contributed by atoms with Gasteiger partial charge in [-0.1, -0.05) is 22.0 Å². The Hall–Kier alpha value is -1.31. The van der Waals surface area contributed by atoms with E-state index in [1.54, 1.807) is 7.11 Å². The van der Waals surface area contributed by atoms with Gasteiger partial charge in [-0.3, -0.25) is 0 Å². The van der Waals surface area contributed by atoms with Crippen LogP contribution >= 0.6 is 15.9 Å². The van der Waals surface area contributed by atoms with Gasteiger partial charge in [0.1, 0.15) is 6.07 Å². The second kappa shape index (κ2) is 6.03. The molecular formula is C14H15BrN2O. The first-order chi connectivity index (χ1) is 8.74. The lowest BCUT2D eigenvalue weighted by atomic mass is 10.1. The number of benzene rings is 1. The lowest BCUT2D eigenvalue weighted by Crippen LogP contribution is -2.29. The van der Waals surface area contributed by atoms with E-state index < -0.39 is 0 Å². The number of halogens is 1. The van der Waals surface area contributed by atoms with Gasteiger partial charge in [0, 0.05) is 24.7 Å². The lowest BCUT2D eigenvalue weighted by molar-refractivity contribution is 0.222. The maximum absolute atomic E-state index is 9.15. The Bertz CT molecular complexity index is 505. The molecule has 0 spiro atoms. The van der Waals surface area contributed by atoms with E-state index in [9.17, 15) is 0 Å². The van der Waals surface area contributed by atoms with Crippen molar-refractivity contribution in [2.45, 2.75) is 6.42 Å². The molecule has 1 aromatic rings. The van der Waals surface area contributed by atoms with Gasteiger partial charge in [-0.05, 0) is 30.2 Å². The highest BCUT2D eigenvalue weighted by atomic mass is 79.9. The Kier molecular flexibility index (Phi) is 4.40. The highest BCUT2D eigenvalue weighted by Crippen LogP contribution is 2.27. The molecule has 0 N–H and O–H groups in total. The fraction of sp³-hybridized carbons (Fsp3) is 0.357. The number of hydrogen-bond donors (Lipinski definition) is 0. The van der Waals surface area contributed by atoms with Gasteiger partial charge in [-0.25, -0.2) is 0 Å². The summed E-state index contributed by atoms with van der Waals surface area (Å²) in [5, 5.41) is 9.15. The zero-order valence-electron chi connectivity index (χ0n) is 10.3. The van der Waals surface area contributed by atoms with Gasteiger partial charge in [0.25, 0.3) is 0 Å². The average molecular weight is 307 g/mol. The molecule has 4 heteroatoms. The average Bonchev–Trinajstić information content (AvgIpc) is 2.40. The monoisotopic (exact) mass is 306 g/mol. The van der Waals surface area contributed by atoms with Crippen molar-refractivity contribution in [2.24, 2.45) is 0 Å². The number of rotatable bonds is 3. The molecule has 1 heterocycles. The third-order valence-corrected chi connectivity index (χ3v) is 3.55. The number of nitriles is 1.